The lowest BCUT2D eigenvalue weighted by molar-refractivity contribution is -0.224. The Morgan fingerprint density at radius 1 is 1.33 bits per heavy atom. The average Bonchev–Trinajstić information content (AvgIpc) is 2.99. The number of benzene rings is 1. The number of aromatic nitrogens is 1. The number of fused-ring (bicyclic) bond motifs is 1. The van der Waals surface area contributed by atoms with Crippen molar-refractivity contribution in [3.8, 4) is 11.3 Å². The number of hydrogen-bond donors (Lipinski definition) is 0. The van der Waals surface area contributed by atoms with Crippen LogP contribution >= 0.6 is 23.2 Å². The van der Waals surface area contributed by atoms with Gasteiger partial charge >= 0.3 is 0 Å². The first-order chi connectivity index (χ1) is 11.4. The Morgan fingerprint density at radius 2 is 2.04 bits per heavy atom. The second-order valence-corrected chi connectivity index (χ2v) is 7.99. The molecule has 130 valence electrons. The van der Waals surface area contributed by atoms with E-state index in [2.05, 4.69) is 5.16 Å². The summed E-state index contributed by atoms with van der Waals surface area (Å²) in [4.78, 5) is 0. The van der Waals surface area contributed by atoms with Gasteiger partial charge in [0.05, 0.1) is 15.8 Å². The molecule has 1 aliphatic rings. The molecule has 0 bridgehead atoms. The molecule has 1 aromatic carbocycles. The van der Waals surface area contributed by atoms with Crippen molar-refractivity contribution >= 4 is 34.0 Å². The van der Waals surface area contributed by atoms with Gasteiger partial charge in [-0.25, -0.2) is 0 Å². The van der Waals surface area contributed by atoms with Gasteiger partial charge in [-0.05, 0) is 24.6 Å². The SMILES string of the molecule is COC1(OC)CCC(S(C)=O)c2onc(-c3ccc(Cl)cc3Cl)c21. The van der Waals surface area contributed by atoms with Crippen molar-refractivity contribution in [2.24, 2.45) is 0 Å². The molecule has 1 heterocycles. The standard InChI is InChI=1S/C16H17Cl2NO4S/c1-21-16(22-2)7-6-12(24(3)20)15-13(16)14(19-23-15)10-5-4-9(17)8-11(10)18/h4-5,8,12H,6-7H2,1-3H3. The third-order valence-corrected chi connectivity index (χ3v) is 6.17. The van der Waals surface area contributed by atoms with E-state index in [1.807, 2.05) is 0 Å². The van der Waals surface area contributed by atoms with E-state index >= 15 is 0 Å². The van der Waals surface area contributed by atoms with Gasteiger partial charge in [0.25, 0.3) is 0 Å². The van der Waals surface area contributed by atoms with E-state index in [-0.39, 0.29) is 5.25 Å². The lowest BCUT2D eigenvalue weighted by atomic mass is 9.88. The summed E-state index contributed by atoms with van der Waals surface area (Å²) >= 11 is 12.3. The third kappa shape index (κ3) is 2.80. The summed E-state index contributed by atoms with van der Waals surface area (Å²) in [6.45, 7) is 0. The normalized spacial score (nSPS) is 20.6. The van der Waals surface area contributed by atoms with Gasteiger partial charge in [-0.1, -0.05) is 28.4 Å². The lowest BCUT2D eigenvalue weighted by Crippen LogP contribution is -2.36. The summed E-state index contributed by atoms with van der Waals surface area (Å²) in [7, 11) is 2.03. The fraction of sp³-hybridized carbons (Fsp3) is 0.438. The number of hydrogen-bond acceptors (Lipinski definition) is 5. The van der Waals surface area contributed by atoms with E-state index in [1.54, 1.807) is 38.7 Å². The zero-order valence-corrected chi connectivity index (χ0v) is 15.8. The molecule has 8 heteroatoms. The maximum Gasteiger partial charge on any atom is 0.200 e. The molecule has 2 aromatic rings. The van der Waals surface area contributed by atoms with Crippen LogP contribution in [0.1, 0.15) is 29.4 Å². The van der Waals surface area contributed by atoms with Gasteiger partial charge in [0.2, 0.25) is 0 Å². The number of ether oxygens (including phenoxy) is 2. The summed E-state index contributed by atoms with van der Waals surface area (Å²) in [5.41, 5.74) is 1.82. The van der Waals surface area contributed by atoms with Crippen molar-refractivity contribution in [1.29, 1.82) is 0 Å². The molecule has 0 amide bonds. The van der Waals surface area contributed by atoms with Crippen molar-refractivity contribution in [3.63, 3.8) is 0 Å². The highest BCUT2D eigenvalue weighted by Crippen LogP contribution is 2.49. The number of nitrogens with zero attached hydrogens (tertiary/aromatic N) is 1. The predicted molar refractivity (Wildman–Crippen MR) is 93.7 cm³/mol. The minimum Gasteiger partial charge on any atom is -0.359 e. The van der Waals surface area contributed by atoms with E-state index in [4.69, 9.17) is 37.2 Å². The molecular formula is C16H17Cl2NO4S. The highest BCUT2D eigenvalue weighted by Gasteiger charge is 2.47. The van der Waals surface area contributed by atoms with E-state index in [1.165, 1.54) is 0 Å². The number of rotatable bonds is 4. The Kier molecular flexibility index (Phi) is 5.04. The Bertz CT molecular complexity index is 788. The first-order valence-corrected chi connectivity index (χ1v) is 9.69. The van der Waals surface area contributed by atoms with E-state index in [0.717, 1.165) is 0 Å². The van der Waals surface area contributed by atoms with E-state index in [9.17, 15) is 4.21 Å². The molecule has 0 spiro atoms. The zero-order chi connectivity index (χ0) is 17.5. The lowest BCUT2D eigenvalue weighted by Gasteiger charge is -2.36. The van der Waals surface area contributed by atoms with Crippen molar-refractivity contribution in [3.05, 3.63) is 39.6 Å². The largest absolute Gasteiger partial charge is 0.359 e. The van der Waals surface area contributed by atoms with Crippen molar-refractivity contribution in [2.45, 2.75) is 23.9 Å². The van der Waals surface area contributed by atoms with Crippen LogP contribution in [0.4, 0.5) is 0 Å². The van der Waals surface area contributed by atoms with Crippen LogP contribution in [-0.4, -0.2) is 29.8 Å². The van der Waals surface area contributed by atoms with Crippen LogP contribution in [0.2, 0.25) is 10.0 Å². The summed E-state index contributed by atoms with van der Waals surface area (Å²) < 4.78 is 29.0. The van der Waals surface area contributed by atoms with Gasteiger partial charge in [-0.3, -0.25) is 4.21 Å². The first kappa shape index (κ1) is 17.9. The quantitative estimate of drug-likeness (QED) is 0.729. The van der Waals surface area contributed by atoms with Gasteiger partial charge in [0, 0.05) is 48.3 Å². The van der Waals surface area contributed by atoms with Crippen LogP contribution < -0.4 is 0 Å². The summed E-state index contributed by atoms with van der Waals surface area (Å²) in [5, 5.41) is 4.90. The predicted octanol–water partition coefficient (Wildman–Crippen LogP) is 4.31. The van der Waals surface area contributed by atoms with Gasteiger partial charge < -0.3 is 14.0 Å². The molecule has 0 N–H and O–H groups in total. The molecule has 0 radical (unpaired) electrons. The van der Waals surface area contributed by atoms with Gasteiger partial charge in [0.1, 0.15) is 5.69 Å². The molecule has 24 heavy (non-hydrogen) atoms. The van der Waals surface area contributed by atoms with Gasteiger partial charge in [-0.15, -0.1) is 0 Å². The average molecular weight is 390 g/mol. The zero-order valence-electron chi connectivity index (χ0n) is 13.5. The Balaban J connectivity index is 2.25. The maximum atomic E-state index is 12.1. The van der Waals surface area contributed by atoms with Gasteiger partial charge in [0.15, 0.2) is 11.5 Å². The highest BCUT2D eigenvalue weighted by atomic mass is 35.5. The molecule has 5 nitrogen and oxygen atoms in total. The number of halogens is 2. The molecule has 3 rings (SSSR count). The van der Waals surface area contributed by atoms with E-state index in [0.29, 0.717) is 45.5 Å². The van der Waals surface area contributed by atoms with Crippen LogP contribution in [0.3, 0.4) is 0 Å². The van der Waals surface area contributed by atoms with Crippen LogP contribution in [0, 0.1) is 0 Å². The molecule has 0 aliphatic heterocycles. The van der Waals surface area contributed by atoms with Crippen LogP contribution in [0.5, 0.6) is 0 Å². The molecule has 1 aliphatic carbocycles. The highest BCUT2D eigenvalue weighted by molar-refractivity contribution is 7.84. The fourth-order valence-electron chi connectivity index (χ4n) is 3.14. The summed E-state index contributed by atoms with van der Waals surface area (Å²) in [5.74, 6) is -0.490. The molecule has 0 saturated heterocycles. The Morgan fingerprint density at radius 3 is 2.62 bits per heavy atom. The van der Waals surface area contributed by atoms with Crippen molar-refractivity contribution in [1.82, 2.24) is 5.16 Å². The maximum absolute atomic E-state index is 12.1. The monoisotopic (exact) mass is 389 g/mol. The van der Waals surface area contributed by atoms with Crippen LogP contribution in [0.25, 0.3) is 11.3 Å². The third-order valence-electron chi connectivity index (χ3n) is 4.37. The molecule has 1 aromatic heterocycles. The van der Waals surface area contributed by atoms with Crippen LogP contribution in [0.15, 0.2) is 22.7 Å². The summed E-state index contributed by atoms with van der Waals surface area (Å²) in [6.07, 6.45) is 2.80. The molecular weight excluding hydrogens is 373 g/mol. The van der Waals surface area contributed by atoms with Crippen LogP contribution in [-0.2, 0) is 26.1 Å². The molecule has 2 atom stereocenters. The second kappa shape index (κ2) is 6.77. The first-order valence-electron chi connectivity index (χ1n) is 7.31. The Labute approximate surface area is 152 Å². The minimum atomic E-state index is -1.10. The molecule has 0 saturated carbocycles. The fourth-order valence-corrected chi connectivity index (χ4v) is 4.55. The minimum absolute atomic E-state index is 0.259. The topological polar surface area (TPSA) is 61.6 Å². The number of methoxy groups -OCH3 is 2. The van der Waals surface area contributed by atoms with E-state index < -0.39 is 16.6 Å². The van der Waals surface area contributed by atoms with Crippen molar-refractivity contribution < 1.29 is 18.2 Å². The smallest absolute Gasteiger partial charge is 0.200 e. The summed E-state index contributed by atoms with van der Waals surface area (Å²) in [6, 6.07) is 5.13. The molecule has 0 fully saturated rings. The second-order valence-electron chi connectivity index (χ2n) is 5.58. The van der Waals surface area contributed by atoms with Crippen molar-refractivity contribution in [2.75, 3.05) is 20.5 Å². The van der Waals surface area contributed by atoms with Gasteiger partial charge in [-0.2, -0.15) is 0 Å². The Hall–Kier alpha value is -0.920. The molecule has 2 unspecified atom stereocenters.